The predicted molar refractivity (Wildman–Crippen MR) is 154 cm³/mol. The minimum atomic E-state index is -0.750. The number of methoxy groups -OCH3 is 1. The third kappa shape index (κ3) is 8.36. The van der Waals surface area contributed by atoms with Crippen LogP contribution in [0.2, 0.25) is 0 Å². The Morgan fingerprint density at radius 3 is 2.15 bits per heavy atom. The largest absolute Gasteiger partial charge is 0.497 e. The van der Waals surface area contributed by atoms with Crippen LogP contribution in [0, 0.1) is 6.92 Å². The summed E-state index contributed by atoms with van der Waals surface area (Å²) in [6, 6.07) is 31.2. The van der Waals surface area contributed by atoms with Gasteiger partial charge in [-0.15, -0.1) is 0 Å². The molecule has 0 aromatic heterocycles. The van der Waals surface area contributed by atoms with E-state index in [9.17, 15) is 9.59 Å². The monoisotopic (exact) mass is 523 g/mol. The smallest absolute Gasteiger partial charge is 0.251 e. The van der Waals surface area contributed by atoms with Gasteiger partial charge in [0, 0.05) is 30.8 Å². The molecule has 4 rings (SSSR count). The molecule has 4 aromatic rings. The molecule has 0 heterocycles. The second-order valence-electron chi connectivity index (χ2n) is 9.11. The molecule has 0 saturated heterocycles. The van der Waals surface area contributed by atoms with Crippen molar-refractivity contribution in [1.29, 1.82) is 0 Å². The van der Waals surface area contributed by atoms with Crippen molar-refractivity contribution in [3.63, 3.8) is 0 Å². The Kier molecular flexibility index (Phi) is 9.56. The molecule has 0 saturated carbocycles. The molecule has 2 amide bonds. The van der Waals surface area contributed by atoms with Crippen molar-refractivity contribution < 1.29 is 19.1 Å². The molecule has 7 heteroatoms. The number of nitrogens with one attached hydrogen (secondary N) is 3. The number of para-hydroxylation sites is 1. The van der Waals surface area contributed by atoms with Crippen molar-refractivity contribution in [2.75, 3.05) is 25.5 Å². The van der Waals surface area contributed by atoms with E-state index in [-0.39, 0.29) is 11.8 Å². The molecule has 0 radical (unpaired) electrons. The van der Waals surface area contributed by atoms with E-state index < -0.39 is 6.04 Å². The molecule has 0 spiro atoms. The Morgan fingerprint density at radius 2 is 1.46 bits per heavy atom. The maximum Gasteiger partial charge on any atom is 0.251 e. The van der Waals surface area contributed by atoms with Gasteiger partial charge in [-0.05, 0) is 73.2 Å². The van der Waals surface area contributed by atoms with Crippen LogP contribution >= 0.6 is 0 Å². The fourth-order valence-electron chi connectivity index (χ4n) is 4.02. The summed E-state index contributed by atoms with van der Waals surface area (Å²) in [6.07, 6.45) is 0.334. The number of carbonyl (C=O) groups excluding carboxylic acids is 2. The number of hydrogen-bond acceptors (Lipinski definition) is 5. The van der Waals surface area contributed by atoms with E-state index in [4.69, 9.17) is 9.47 Å². The SMILES string of the molecule is COc1ccc(NCCNC(=O)[C@H](Cc2ccc(Oc3ccccc3)cc2)NC(=O)c2cccc(C)c2)cc1. The fraction of sp³-hybridized carbons (Fsp3) is 0.188. The molecule has 200 valence electrons. The zero-order valence-electron chi connectivity index (χ0n) is 22.1. The lowest BCUT2D eigenvalue weighted by molar-refractivity contribution is -0.122. The average molecular weight is 524 g/mol. The molecule has 3 N–H and O–H groups in total. The van der Waals surface area contributed by atoms with Crippen molar-refractivity contribution >= 4 is 17.5 Å². The molecular formula is C32H33N3O4. The highest BCUT2D eigenvalue weighted by Gasteiger charge is 2.22. The molecule has 0 unspecified atom stereocenters. The first-order valence-electron chi connectivity index (χ1n) is 12.8. The van der Waals surface area contributed by atoms with Gasteiger partial charge in [0.2, 0.25) is 5.91 Å². The summed E-state index contributed by atoms with van der Waals surface area (Å²) in [6.45, 7) is 2.85. The van der Waals surface area contributed by atoms with E-state index in [0.29, 0.717) is 30.8 Å². The van der Waals surface area contributed by atoms with Crippen LogP contribution in [0.5, 0.6) is 17.2 Å². The van der Waals surface area contributed by atoms with Gasteiger partial charge in [-0.2, -0.15) is 0 Å². The topological polar surface area (TPSA) is 88.7 Å². The third-order valence-electron chi connectivity index (χ3n) is 6.09. The van der Waals surface area contributed by atoms with E-state index in [0.717, 1.165) is 28.3 Å². The first-order chi connectivity index (χ1) is 19.0. The van der Waals surface area contributed by atoms with Crippen LogP contribution in [0.25, 0.3) is 0 Å². The summed E-state index contributed by atoms with van der Waals surface area (Å²) < 4.78 is 11.0. The van der Waals surface area contributed by atoms with Gasteiger partial charge in [0.25, 0.3) is 5.91 Å². The number of carbonyl (C=O) groups is 2. The van der Waals surface area contributed by atoms with Crippen molar-refractivity contribution in [3.05, 3.63) is 120 Å². The van der Waals surface area contributed by atoms with Gasteiger partial charge in [0.05, 0.1) is 7.11 Å². The summed E-state index contributed by atoms with van der Waals surface area (Å²) >= 11 is 0. The lowest BCUT2D eigenvalue weighted by Crippen LogP contribution is -2.48. The molecule has 39 heavy (non-hydrogen) atoms. The van der Waals surface area contributed by atoms with E-state index in [2.05, 4.69) is 16.0 Å². The minimum absolute atomic E-state index is 0.253. The van der Waals surface area contributed by atoms with Crippen LogP contribution in [0.4, 0.5) is 5.69 Å². The van der Waals surface area contributed by atoms with Gasteiger partial charge in [-0.25, -0.2) is 0 Å². The Balaban J connectivity index is 1.38. The van der Waals surface area contributed by atoms with E-state index >= 15 is 0 Å². The van der Waals surface area contributed by atoms with Crippen molar-refractivity contribution in [1.82, 2.24) is 10.6 Å². The molecule has 0 fully saturated rings. The second-order valence-corrected chi connectivity index (χ2v) is 9.11. The first kappa shape index (κ1) is 27.3. The number of aryl methyl sites for hydroxylation is 1. The Morgan fingerprint density at radius 1 is 0.769 bits per heavy atom. The third-order valence-corrected chi connectivity index (χ3v) is 6.09. The van der Waals surface area contributed by atoms with Gasteiger partial charge in [0.15, 0.2) is 0 Å². The molecule has 0 bridgehead atoms. The lowest BCUT2D eigenvalue weighted by atomic mass is 10.0. The average Bonchev–Trinajstić information content (AvgIpc) is 2.96. The summed E-state index contributed by atoms with van der Waals surface area (Å²) in [5.41, 5.74) is 3.31. The van der Waals surface area contributed by atoms with Gasteiger partial charge >= 0.3 is 0 Å². The molecular weight excluding hydrogens is 490 g/mol. The van der Waals surface area contributed by atoms with Gasteiger partial charge < -0.3 is 25.4 Å². The summed E-state index contributed by atoms with van der Waals surface area (Å²) in [5.74, 6) is 1.67. The Labute approximate surface area is 229 Å². The zero-order chi connectivity index (χ0) is 27.5. The molecule has 0 aliphatic carbocycles. The van der Waals surface area contributed by atoms with Crippen molar-refractivity contribution in [3.8, 4) is 17.2 Å². The van der Waals surface area contributed by atoms with Crippen LogP contribution in [-0.2, 0) is 11.2 Å². The molecule has 0 aliphatic heterocycles. The van der Waals surface area contributed by atoms with E-state index in [1.165, 1.54) is 0 Å². The predicted octanol–water partition coefficient (Wildman–Crippen LogP) is 5.37. The van der Waals surface area contributed by atoms with Gasteiger partial charge in [0.1, 0.15) is 23.3 Å². The molecule has 7 nitrogen and oxygen atoms in total. The first-order valence-corrected chi connectivity index (χ1v) is 12.8. The van der Waals surface area contributed by atoms with Crippen LogP contribution in [0.3, 0.4) is 0 Å². The number of hydrogen-bond donors (Lipinski definition) is 3. The quantitative estimate of drug-likeness (QED) is 0.218. The number of ether oxygens (including phenoxy) is 2. The summed E-state index contributed by atoms with van der Waals surface area (Å²) in [7, 11) is 1.62. The van der Waals surface area contributed by atoms with Gasteiger partial charge in [-0.1, -0.05) is 48.0 Å². The molecule has 0 aliphatic rings. The highest BCUT2D eigenvalue weighted by molar-refractivity contribution is 5.97. The van der Waals surface area contributed by atoms with Crippen LogP contribution in [0.1, 0.15) is 21.5 Å². The summed E-state index contributed by atoms with van der Waals surface area (Å²) in [4.78, 5) is 26.2. The minimum Gasteiger partial charge on any atom is -0.497 e. The Hall–Kier alpha value is -4.78. The van der Waals surface area contributed by atoms with E-state index in [1.54, 1.807) is 19.2 Å². The standard InChI is InChI=1S/C32H33N3O4/c1-23-7-6-8-25(21-23)31(36)35-30(32(37)34-20-19-33-26-13-17-27(38-2)18-14-26)22-24-11-15-29(16-12-24)39-28-9-4-3-5-10-28/h3-18,21,30,33H,19-20,22H2,1-2H3,(H,34,37)(H,35,36)/t30-/m0/s1. The number of rotatable bonds is 12. The number of benzene rings is 4. The highest BCUT2D eigenvalue weighted by atomic mass is 16.5. The van der Waals surface area contributed by atoms with Crippen molar-refractivity contribution in [2.24, 2.45) is 0 Å². The van der Waals surface area contributed by atoms with E-state index in [1.807, 2.05) is 97.9 Å². The van der Waals surface area contributed by atoms with Crippen LogP contribution in [0.15, 0.2) is 103 Å². The molecule has 1 atom stereocenters. The second kappa shape index (κ2) is 13.7. The number of anilines is 1. The van der Waals surface area contributed by atoms with Crippen molar-refractivity contribution in [2.45, 2.75) is 19.4 Å². The van der Waals surface area contributed by atoms with Gasteiger partial charge in [-0.3, -0.25) is 9.59 Å². The van der Waals surface area contributed by atoms with Crippen LogP contribution < -0.4 is 25.4 Å². The highest BCUT2D eigenvalue weighted by Crippen LogP contribution is 2.21. The zero-order valence-corrected chi connectivity index (χ0v) is 22.1. The summed E-state index contributed by atoms with van der Waals surface area (Å²) in [5, 5.41) is 9.13. The maximum atomic E-state index is 13.2. The normalized spacial score (nSPS) is 11.2. The molecule has 4 aromatic carbocycles. The maximum absolute atomic E-state index is 13.2. The lowest BCUT2D eigenvalue weighted by Gasteiger charge is -2.19. The fourth-order valence-corrected chi connectivity index (χ4v) is 4.02. The van der Waals surface area contributed by atoms with Crippen LogP contribution in [-0.4, -0.2) is 38.1 Å². The Bertz CT molecular complexity index is 1360. The number of amides is 2.